The van der Waals surface area contributed by atoms with E-state index >= 15 is 0 Å². The van der Waals surface area contributed by atoms with Crippen LogP contribution in [0.25, 0.3) is 0 Å². The second-order valence-electron chi connectivity index (χ2n) is 3.87. The van der Waals surface area contributed by atoms with Gasteiger partial charge in [0.15, 0.2) is 5.82 Å². The second kappa shape index (κ2) is 5.33. The molecule has 5 heteroatoms. The molecule has 0 fully saturated rings. The van der Waals surface area contributed by atoms with Crippen LogP contribution in [0.4, 0.5) is 5.82 Å². The van der Waals surface area contributed by atoms with Crippen LogP contribution < -0.4 is 11.1 Å². The summed E-state index contributed by atoms with van der Waals surface area (Å²) in [5.41, 5.74) is 6.51. The maximum Gasteiger partial charge on any atom is 0.243 e. The van der Waals surface area contributed by atoms with Gasteiger partial charge in [-0.15, -0.1) is 12.3 Å². The van der Waals surface area contributed by atoms with Crippen LogP contribution in [0.2, 0.25) is 0 Å². The zero-order valence-corrected chi connectivity index (χ0v) is 9.45. The minimum Gasteiger partial charge on any atom is -0.319 e. The van der Waals surface area contributed by atoms with Gasteiger partial charge in [-0.1, -0.05) is 13.8 Å². The van der Waals surface area contributed by atoms with Crippen molar-refractivity contribution in [2.45, 2.75) is 32.2 Å². The third kappa shape index (κ3) is 3.11. The Morgan fingerprint density at radius 1 is 1.75 bits per heavy atom. The monoisotopic (exact) mass is 220 g/mol. The quantitative estimate of drug-likeness (QED) is 0.657. The van der Waals surface area contributed by atoms with Crippen LogP contribution in [-0.2, 0) is 4.79 Å². The topological polar surface area (TPSA) is 83.8 Å². The van der Waals surface area contributed by atoms with Gasteiger partial charge in [0, 0.05) is 18.2 Å². The number of anilines is 1. The second-order valence-corrected chi connectivity index (χ2v) is 3.87. The molecule has 0 spiro atoms. The summed E-state index contributed by atoms with van der Waals surface area (Å²) in [4.78, 5) is 11.5. The molecule has 0 aliphatic rings. The van der Waals surface area contributed by atoms with Gasteiger partial charge >= 0.3 is 0 Å². The number of aromatic nitrogens is 2. The summed E-state index contributed by atoms with van der Waals surface area (Å²) in [6, 6.07) is 1.09. The highest BCUT2D eigenvalue weighted by Crippen LogP contribution is 2.14. The minimum atomic E-state index is -0.691. The third-order valence-electron chi connectivity index (χ3n) is 2.15. The number of nitrogens with one attached hydrogen (secondary N) is 2. The first kappa shape index (κ1) is 12.3. The van der Waals surface area contributed by atoms with E-state index in [0.29, 0.717) is 11.7 Å². The van der Waals surface area contributed by atoms with Crippen molar-refractivity contribution >= 4 is 11.7 Å². The van der Waals surface area contributed by atoms with E-state index in [1.54, 1.807) is 6.07 Å². The Labute approximate surface area is 94.8 Å². The number of nitrogens with zero attached hydrogens (tertiary/aromatic N) is 1. The maximum absolute atomic E-state index is 11.5. The van der Waals surface area contributed by atoms with E-state index in [4.69, 9.17) is 12.2 Å². The molecule has 86 valence electrons. The van der Waals surface area contributed by atoms with Crippen LogP contribution in [0, 0.1) is 12.3 Å². The SMILES string of the molecule is C#CCC(N)C(=O)Nc1cc(C(C)C)[nH]n1. The zero-order valence-electron chi connectivity index (χ0n) is 9.45. The van der Waals surface area contributed by atoms with E-state index in [1.165, 1.54) is 0 Å². The van der Waals surface area contributed by atoms with Crippen LogP contribution in [0.1, 0.15) is 31.9 Å². The fourth-order valence-corrected chi connectivity index (χ4v) is 1.14. The van der Waals surface area contributed by atoms with Crippen molar-refractivity contribution in [2.75, 3.05) is 5.32 Å². The Hall–Kier alpha value is -1.80. The summed E-state index contributed by atoms with van der Waals surface area (Å²) in [5.74, 6) is 2.83. The predicted molar refractivity (Wildman–Crippen MR) is 62.7 cm³/mol. The van der Waals surface area contributed by atoms with Gasteiger partial charge in [-0.25, -0.2) is 0 Å². The van der Waals surface area contributed by atoms with Crippen LogP contribution in [0.15, 0.2) is 6.07 Å². The molecule has 0 saturated carbocycles. The molecule has 0 aliphatic heterocycles. The molecule has 0 saturated heterocycles. The van der Waals surface area contributed by atoms with Gasteiger partial charge in [0.25, 0.3) is 0 Å². The van der Waals surface area contributed by atoms with Gasteiger partial charge in [-0.05, 0) is 5.92 Å². The molecule has 16 heavy (non-hydrogen) atoms. The average Bonchev–Trinajstić information content (AvgIpc) is 2.66. The molecular formula is C11H16N4O. The van der Waals surface area contributed by atoms with Crippen molar-refractivity contribution in [3.8, 4) is 12.3 Å². The van der Waals surface area contributed by atoms with Crippen molar-refractivity contribution in [2.24, 2.45) is 5.73 Å². The lowest BCUT2D eigenvalue weighted by atomic mass is 10.1. The fraction of sp³-hybridized carbons (Fsp3) is 0.455. The van der Waals surface area contributed by atoms with Crippen molar-refractivity contribution < 1.29 is 4.79 Å². The minimum absolute atomic E-state index is 0.216. The lowest BCUT2D eigenvalue weighted by Gasteiger charge is -2.06. The molecule has 1 amide bonds. The van der Waals surface area contributed by atoms with Crippen molar-refractivity contribution in [3.05, 3.63) is 11.8 Å². The van der Waals surface area contributed by atoms with Gasteiger partial charge < -0.3 is 11.1 Å². The molecular weight excluding hydrogens is 204 g/mol. The number of terminal acetylenes is 1. The number of H-pyrrole nitrogens is 1. The summed E-state index contributed by atoms with van der Waals surface area (Å²) in [6.45, 7) is 4.06. The van der Waals surface area contributed by atoms with Crippen LogP contribution in [0.5, 0.6) is 0 Å². The Morgan fingerprint density at radius 2 is 2.44 bits per heavy atom. The molecule has 1 heterocycles. The third-order valence-corrected chi connectivity index (χ3v) is 2.15. The molecule has 1 unspecified atom stereocenters. The molecule has 0 bridgehead atoms. The van der Waals surface area contributed by atoms with Gasteiger partial charge in [0.1, 0.15) is 0 Å². The largest absolute Gasteiger partial charge is 0.319 e. The standard InChI is InChI=1S/C11H16N4O/c1-4-5-8(12)11(16)13-10-6-9(7(2)3)14-15-10/h1,6-8H,5,12H2,2-3H3,(H2,13,14,15,16). The Kier molecular flexibility index (Phi) is 4.09. The summed E-state index contributed by atoms with van der Waals surface area (Å²) in [6.07, 6.45) is 5.29. The molecule has 1 rings (SSSR count). The van der Waals surface area contributed by atoms with Gasteiger partial charge in [-0.2, -0.15) is 5.10 Å². The number of nitrogens with two attached hydrogens (primary N) is 1. The molecule has 0 aliphatic carbocycles. The predicted octanol–water partition coefficient (Wildman–Crippen LogP) is 0.822. The van der Waals surface area contributed by atoms with Crippen LogP contribution >= 0.6 is 0 Å². The highest BCUT2D eigenvalue weighted by atomic mass is 16.2. The number of amides is 1. The summed E-state index contributed by atoms with van der Waals surface area (Å²) in [5, 5.41) is 9.39. The van der Waals surface area contributed by atoms with E-state index in [9.17, 15) is 4.79 Å². The first-order chi connectivity index (χ1) is 7.54. The lowest BCUT2D eigenvalue weighted by Crippen LogP contribution is -2.35. The molecule has 1 aromatic rings. The summed E-state index contributed by atoms with van der Waals surface area (Å²) < 4.78 is 0. The van der Waals surface area contributed by atoms with Crippen molar-refractivity contribution in [1.82, 2.24) is 10.2 Å². The van der Waals surface area contributed by atoms with Crippen molar-refractivity contribution in [3.63, 3.8) is 0 Å². The summed E-state index contributed by atoms with van der Waals surface area (Å²) in [7, 11) is 0. The highest BCUT2D eigenvalue weighted by molar-refractivity contribution is 5.94. The number of carbonyl (C=O) groups is 1. The van der Waals surface area contributed by atoms with Gasteiger partial charge in [-0.3, -0.25) is 9.89 Å². The van der Waals surface area contributed by atoms with E-state index < -0.39 is 6.04 Å². The first-order valence-electron chi connectivity index (χ1n) is 5.09. The van der Waals surface area contributed by atoms with E-state index in [0.717, 1.165) is 5.69 Å². The fourth-order valence-electron chi connectivity index (χ4n) is 1.14. The number of aromatic amines is 1. The molecule has 4 N–H and O–H groups in total. The van der Waals surface area contributed by atoms with Crippen molar-refractivity contribution in [1.29, 1.82) is 0 Å². The first-order valence-corrected chi connectivity index (χ1v) is 5.09. The molecule has 1 atom stereocenters. The highest BCUT2D eigenvalue weighted by Gasteiger charge is 2.14. The van der Waals surface area contributed by atoms with Gasteiger partial charge in [0.05, 0.1) is 6.04 Å². The van der Waals surface area contributed by atoms with E-state index in [2.05, 4.69) is 21.4 Å². The molecule has 0 aromatic carbocycles. The molecule has 1 aromatic heterocycles. The normalized spacial score (nSPS) is 12.2. The van der Waals surface area contributed by atoms with Gasteiger partial charge in [0.2, 0.25) is 5.91 Å². The Bertz CT molecular complexity index is 402. The number of carbonyl (C=O) groups excluding carboxylic acids is 1. The number of hydrogen-bond acceptors (Lipinski definition) is 3. The van der Waals surface area contributed by atoms with Crippen LogP contribution in [-0.4, -0.2) is 22.1 Å². The van der Waals surface area contributed by atoms with E-state index in [1.807, 2.05) is 13.8 Å². The Morgan fingerprint density at radius 3 is 2.94 bits per heavy atom. The smallest absolute Gasteiger partial charge is 0.243 e. The molecule has 0 radical (unpaired) electrons. The zero-order chi connectivity index (χ0) is 12.1. The molecule has 5 nitrogen and oxygen atoms in total. The maximum atomic E-state index is 11.5. The summed E-state index contributed by atoms with van der Waals surface area (Å²) >= 11 is 0. The van der Waals surface area contributed by atoms with E-state index in [-0.39, 0.29) is 12.3 Å². The lowest BCUT2D eigenvalue weighted by molar-refractivity contribution is -0.117. The average molecular weight is 220 g/mol. The van der Waals surface area contributed by atoms with Crippen LogP contribution in [0.3, 0.4) is 0 Å². The Balaban J connectivity index is 2.60. The number of hydrogen-bond donors (Lipinski definition) is 3. The number of rotatable bonds is 4.